The maximum atomic E-state index is 5.88. The molecular formula is C17H18N4. The number of hydrogen-bond acceptors (Lipinski definition) is 4. The number of nitrogen functional groups attached to an aromatic ring is 1. The van der Waals surface area contributed by atoms with Crippen LogP contribution in [0, 0.1) is 0 Å². The van der Waals surface area contributed by atoms with E-state index in [4.69, 9.17) is 5.73 Å². The van der Waals surface area contributed by atoms with E-state index in [-0.39, 0.29) is 0 Å². The highest BCUT2D eigenvalue weighted by Crippen LogP contribution is 2.27. The van der Waals surface area contributed by atoms with Gasteiger partial charge >= 0.3 is 0 Å². The molecule has 0 saturated heterocycles. The Bertz CT molecular complexity index is 763. The van der Waals surface area contributed by atoms with Crippen molar-refractivity contribution in [1.29, 1.82) is 0 Å². The standard InChI is InChI=1S/C17H18N4/c1-21(2)14-6-4-13(5-7-14)20-17-9-10-19-16-8-3-12(18)11-15(16)17/h3-11H,18H2,1-2H3,(H,19,20). The summed E-state index contributed by atoms with van der Waals surface area (Å²) in [6.45, 7) is 0. The van der Waals surface area contributed by atoms with Crippen LogP contribution in [0.15, 0.2) is 54.7 Å². The molecule has 0 amide bonds. The van der Waals surface area contributed by atoms with Crippen molar-refractivity contribution in [3.63, 3.8) is 0 Å². The normalized spacial score (nSPS) is 10.6. The quantitative estimate of drug-likeness (QED) is 0.718. The summed E-state index contributed by atoms with van der Waals surface area (Å²) in [5.74, 6) is 0. The Morgan fingerprint density at radius 2 is 1.76 bits per heavy atom. The van der Waals surface area contributed by atoms with Crippen LogP contribution in [0.25, 0.3) is 10.9 Å². The van der Waals surface area contributed by atoms with Crippen molar-refractivity contribution in [2.45, 2.75) is 0 Å². The maximum absolute atomic E-state index is 5.88. The highest BCUT2D eigenvalue weighted by Gasteiger charge is 2.03. The Labute approximate surface area is 124 Å². The molecule has 0 aliphatic carbocycles. The summed E-state index contributed by atoms with van der Waals surface area (Å²) < 4.78 is 0. The molecule has 0 aliphatic rings. The van der Waals surface area contributed by atoms with Crippen LogP contribution in [0.4, 0.5) is 22.7 Å². The third-order valence-electron chi connectivity index (χ3n) is 3.43. The second-order valence-corrected chi connectivity index (χ2v) is 5.20. The van der Waals surface area contributed by atoms with E-state index in [1.165, 1.54) is 5.69 Å². The molecule has 21 heavy (non-hydrogen) atoms. The highest BCUT2D eigenvalue weighted by atomic mass is 15.1. The lowest BCUT2D eigenvalue weighted by Gasteiger charge is -2.14. The molecule has 0 atom stereocenters. The van der Waals surface area contributed by atoms with Gasteiger partial charge in [0.25, 0.3) is 0 Å². The van der Waals surface area contributed by atoms with Gasteiger partial charge in [-0.3, -0.25) is 4.98 Å². The minimum atomic E-state index is 0.738. The van der Waals surface area contributed by atoms with Crippen LogP contribution < -0.4 is 16.0 Å². The smallest absolute Gasteiger partial charge is 0.0724 e. The Balaban J connectivity index is 1.96. The Morgan fingerprint density at radius 3 is 2.48 bits per heavy atom. The van der Waals surface area contributed by atoms with Crippen molar-refractivity contribution in [3.05, 3.63) is 54.7 Å². The van der Waals surface area contributed by atoms with Crippen molar-refractivity contribution in [1.82, 2.24) is 4.98 Å². The van der Waals surface area contributed by atoms with E-state index in [1.54, 1.807) is 6.20 Å². The van der Waals surface area contributed by atoms with E-state index < -0.39 is 0 Å². The van der Waals surface area contributed by atoms with Gasteiger partial charge in [-0.1, -0.05) is 0 Å². The predicted octanol–water partition coefficient (Wildman–Crippen LogP) is 3.63. The Kier molecular flexibility index (Phi) is 3.36. The molecule has 2 aromatic carbocycles. The van der Waals surface area contributed by atoms with Gasteiger partial charge in [0.2, 0.25) is 0 Å². The number of fused-ring (bicyclic) bond motifs is 1. The zero-order valence-electron chi connectivity index (χ0n) is 12.2. The average molecular weight is 278 g/mol. The van der Waals surface area contributed by atoms with Gasteiger partial charge < -0.3 is 16.0 Å². The predicted molar refractivity (Wildman–Crippen MR) is 90.2 cm³/mol. The van der Waals surface area contributed by atoms with Crippen LogP contribution in [0.3, 0.4) is 0 Å². The van der Waals surface area contributed by atoms with Gasteiger partial charge in [0, 0.05) is 48.4 Å². The zero-order valence-corrected chi connectivity index (χ0v) is 12.2. The van der Waals surface area contributed by atoms with Gasteiger partial charge in [-0.25, -0.2) is 0 Å². The molecule has 0 fully saturated rings. The lowest BCUT2D eigenvalue weighted by molar-refractivity contribution is 1.13. The lowest BCUT2D eigenvalue weighted by Crippen LogP contribution is -2.08. The molecule has 3 aromatic rings. The minimum absolute atomic E-state index is 0.738. The van der Waals surface area contributed by atoms with Crippen LogP contribution >= 0.6 is 0 Å². The largest absolute Gasteiger partial charge is 0.399 e. The average Bonchev–Trinajstić information content (AvgIpc) is 2.48. The molecule has 3 N–H and O–H groups in total. The Hall–Kier alpha value is -2.75. The fraction of sp³-hybridized carbons (Fsp3) is 0.118. The molecule has 1 heterocycles. The number of nitrogens with two attached hydrogens (primary N) is 1. The maximum Gasteiger partial charge on any atom is 0.0724 e. The molecule has 0 aliphatic heterocycles. The second-order valence-electron chi connectivity index (χ2n) is 5.20. The van der Waals surface area contributed by atoms with Crippen molar-refractivity contribution < 1.29 is 0 Å². The van der Waals surface area contributed by atoms with E-state index >= 15 is 0 Å². The molecular weight excluding hydrogens is 260 g/mol. The van der Waals surface area contributed by atoms with Crippen LogP contribution in [0.5, 0.6) is 0 Å². The summed E-state index contributed by atoms with van der Waals surface area (Å²) >= 11 is 0. The number of nitrogens with one attached hydrogen (secondary N) is 1. The van der Waals surface area contributed by atoms with Gasteiger partial charge in [-0.15, -0.1) is 0 Å². The molecule has 0 bridgehead atoms. The number of benzene rings is 2. The van der Waals surface area contributed by atoms with Gasteiger partial charge in [0.05, 0.1) is 5.52 Å². The van der Waals surface area contributed by atoms with Gasteiger partial charge in [-0.2, -0.15) is 0 Å². The number of anilines is 4. The molecule has 4 heteroatoms. The van der Waals surface area contributed by atoms with Crippen LogP contribution in [-0.4, -0.2) is 19.1 Å². The summed E-state index contributed by atoms with van der Waals surface area (Å²) in [5.41, 5.74) is 10.8. The summed E-state index contributed by atoms with van der Waals surface area (Å²) in [7, 11) is 4.06. The van der Waals surface area contributed by atoms with Crippen molar-refractivity contribution in [2.24, 2.45) is 0 Å². The molecule has 0 saturated carbocycles. The number of nitrogens with zero attached hydrogens (tertiary/aromatic N) is 2. The summed E-state index contributed by atoms with van der Waals surface area (Å²) in [6, 6.07) is 16.0. The first kappa shape index (κ1) is 13.2. The van der Waals surface area contributed by atoms with E-state index in [9.17, 15) is 0 Å². The van der Waals surface area contributed by atoms with E-state index in [0.717, 1.165) is 28.0 Å². The van der Waals surface area contributed by atoms with Crippen LogP contribution in [0.1, 0.15) is 0 Å². The molecule has 0 unspecified atom stereocenters. The van der Waals surface area contributed by atoms with Gasteiger partial charge in [0.1, 0.15) is 0 Å². The monoisotopic (exact) mass is 278 g/mol. The fourth-order valence-electron chi connectivity index (χ4n) is 2.27. The first-order chi connectivity index (χ1) is 10.1. The third-order valence-corrected chi connectivity index (χ3v) is 3.43. The van der Waals surface area contributed by atoms with E-state index in [0.29, 0.717) is 0 Å². The number of aromatic nitrogens is 1. The summed E-state index contributed by atoms with van der Waals surface area (Å²) in [5, 5.41) is 4.45. The van der Waals surface area contributed by atoms with E-state index in [2.05, 4.69) is 39.5 Å². The summed E-state index contributed by atoms with van der Waals surface area (Å²) in [4.78, 5) is 6.44. The summed E-state index contributed by atoms with van der Waals surface area (Å²) in [6.07, 6.45) is 1.80. The van der Waals surface area contributed by atoms with Crippen LogP contribution in [0.2, 0.25) is 0 Å². The number of pyridine rings is 1. The van der Waals surface area contributed by atoms with Crippen molar-refractivity contribution in [2.75, 3.05) is 30.0 Å². The van der Waals surface area contributed by atoms with Crippen molar-refractivity contribution >= 4 is 33.7 Å². The SMILES string of the molecule is CN(C)c1ccc(Nc2ccnc3ccc(N)cc23)cc1. The first-order valence-corrected chi connectivity index (χ1v) is 6.82. The topological polar surface area (TPSA) is 54.2 Å². The molecule has 4 nitrogen and oxygen atoms in total. The first-order valence-electron chi connectivity index (χ1n) is 6.82. The van der Waals surface area contributed by atoms with Gasteiger partial charge in [-0.05, 0) is 48.5 Å². The molecule has 106 valence electrons. The fourth-order valence-corrected chi connectivity index (χ4v) is 2.27. The van der Waals surface area contributed by atoms with Crippen molar-refractivity contribution in [3.8, 4) is 0 Å². The zero-order chi connectivity index (χ0) is 14.8. The number of hydrogen-bond donors (Lipinski definition) is 2. The van der Waals surface area contributed by atoms with Crippen LogP contribution in [-0.2, 0) is 0 Å². The molecule has 1 aromatic heterocycles. The second kappa shape index (κ2) is 5.32. The molecule has 0 radical (unpaired) electrons. The highest BCUT2D eigenvalue weighted by molar-refractivity contribution is 5.94. The molecule has 0 spiro atoms. The molecule has 3 rings (SSSR count). The number of rotatable bonds is 3. The van der Waals surface area contributed by atoms with Gasteiger partial charge in [0.15, 0.2) is 0 Å². The van der Waals surface area contributed by atoms with E-state index in [1.807, 2.05) is 38.4 Å². The third kappa shape index (κ3) is 2.74. The Morgan fingerprint density at radius 1 is 1.00 bits per heavy atom. The lowest BCUT2D eigenvalue weighted by atomic mass is 10.1. The minimum Gasteiger partial charge on any atom is -0.399 e.